The molecule has 0 aliphatic rings. The molecule has 0 bridgehead atoms. The van der Waals surface area contributed by atoms with Crippen LogP contribution in [0.3, 0.4) is 0 Å². The molecule has 0 aliphatic heterocycles. The second kappa shape index (κ2) is 5.17. The summed E-state index contributed by atoms with van der Waals surface area (Å²) in [6, 6.07) is 9.91. The molecule has 0 saturated carbocycles. The Kier molecular flexibility index (Phi) is 4.15. The van der Waals surface area contributed by atoms with Gasteiger partial charge in [0.1, 0.15) is 0 Å². The number of halogens is 1. The summed E-state index contributed by atoms with van der Waals surface area (Å²) in [6.07, 6.45) is 2.26. The molecule has 0 heterocycles. The van der Waals surface area contributed by atoms with Gasteiger partial charge < -0.3 is 0 Å². The van der Waals surface area contributed by atoms with E-state index in [0.29, 0.717) is 6.42 Å². The van der Waals surface area contributed by atoms with Crippen molar-refractivity contribution in [3.05, 3.63) is 42.0 Å². The van der Waals surface area contributed by atoms with Gasteiger partial charge in [0.25, 0.3) is 0 Å². The Morgan fingerprint density at radius 2 is 2.00 bits per heavy atom. The van der Waals surface area contributed by atoms with E-state index in [1.165, 1.54) is 0 Å². The molecular weight excluding hydrogens is 275 g/mol. The molecule has 0 N–H and O–H groups in total. The van der Waals surface area contributed by atoms with Gasteiger partial charge in [-0.25, -0.2) is 0 Å². The van der Waals surface area contributed by atoms with Crippen LogP contribution in [0.5, 0.6) is 0 Å². The van der Waals surface area contributed by atoms with Crippen molar-refractivity contribution in [3.63, 3.8) is 0 Å². The molecule has 0 unspecified atom stereocenters. The minimum absolute atomic E-state index is 0.174. The van der Waals surface area contributed by atoms with Gasteiger partial charge in [-0.05, 0) is 34.2 Å². The van der Waals surface area contributed by atoms with Crippen molar-refractivity contribution in [2.45, 2.75) is 13.3 Å². The molecule has 0 saturated heterocycles. The van der Waals surface area contributed by atoms with Gasteiger partial charge in [-0.15, -0.1) is 0 Å². The molecule has 0 aromatic heterocycles. The Morgan fingerprint density at radius 1 is 1.38 bits per heavy atom. The van der Waals surface area contributed by atoms with Crippen molar-refractivity contribution in [2.75, 3.05) is 0 Å². The number of carbonyl (C=O) groups is 1. The SMILES string of the molecule is CCC(=O)/C=C(\I)c1ccccc1. The van der Waals surface area contributed by atoms with Gasteiger partial charge in [0, 0.05) is 10.0 Å². The lowest BCUT2D eigenvalue weighted by molar-refractivity contribution is -0.114. The minimum atomic E-state index is 0.174. The molecule has 13 heavy (non-hydrogen) atoms. The van der Waals surface area contributed by atoms with E-state index in [9.17, 15) is 4.79 Å². The maximum absolute atomic E-state index is 11.1. The average Bonchev–Trinajstić information content (AvgIpc) is 2.19. The molecule has 1 aromatic carbocycles. The number of carbonyl (C=O) groups excluding carboxylic acids is 1. The topological polar surface area (TPSA) is 17.1 Å². The third kappa shape index (κ3) is 3.30. The van der Waals surface area contributed by atoms with Crippen molar-refractivity contribution in [1.29, 1.82) is 0 Å². The number of allylic oxidation sites excluding steroid dienone is 1. The van der Waals surface area contributed by atoms with Crippen molar-refractivity contribution < 1.29 is 4.79 Å². The molecule has 1 aromatic rings. The third-order valence-corrected chi connectivity index (χ3v) is 2.62. The van der Waals surface area contributed by atoms with Crippen LogP contribution in [0, 0.1) is 0 Å². The van der Waals surface area contributed by atoms with Gasteiger partial charge in [0.2, 0.25) is 0 Å². The Bertz CT molecular complexity index is 314. The van der Waals surface area contributed by atoms with Crippen LogP contribution in [0.25, 0.3) is 3.58 Å². The summed E-state index contributed by atoms with van der Waals surface area (Å²) in [6.45, 7) is 1.87. The van der Waals surface area contributed by atoms with Crippen LogP contribution < -0.4 is 0 Å². The van der Waals surface area contributed by atoms with E-state index in [1.54, 1.807) is 6.08 Å². The number of benzene rings is 1. The van der Waals surface area contributed by atoms with Gasteiger partial charge in [0.05, 0.1) is 0 Å². The van der Waals surface area contributed by atoms with Crippen LogP contribution in [-0.2, 0) is 4.79 Å². The van der Waals surface area contributed by atoms with Gasteiger partial charge in [-0.2, -0.15) is 0 Å². The summed E-state index contributed by atoms with van der Waals surface area (Å²) >= 11 is 2.19. The molecule has 1 rings (SSSR count). The zero-order valence-electron chi connectivity index (χ0n) is 7.46. The lowest BCUT2D eigenvalue weighted by Gasteiger charge is -1.97. The fourth-order valence-corrected chi connectivity index (χ4v) is 1.63. The van der Waals surface area contributed by atoms with E-state index >= 15 is 0 Å². The van der Waals surface area contributed by atoms with E-state index in [4.69, 9.17) is 0 Å². The van der Waals surface area contributed by atoms with E-state index < -0.39 is 0 Å². The molecule has 0 amide bonds. The molecule has 0 radical (unpaired) electrons. The highest BCUT2D eigenvalue weighted by molar-refractivity contribution is 14.1. The number of hydrogen-bond donors (Lipinski definition) is 0. The van der Waals surface area contributed by atoms with Gasteiger partial charge in [-0.1, -0.05) is 37.3 Å². The van der Waals surface area contributed by atoms with Crippen LogP contribution in [-0.4, -0.2) is 5.78 Å². The second-order valence-electron chi connectivity index (χ2n) is 2.68. The molecule has 68 valence electrons. The highest BCUT2D eigenvalue weighted by atomic mass is 127. The lowest BCUT2D eigenvalue weighted by atomic mass is 10.2. The fourth-order valence-electron chi connectivity index (χ4n) is 0.924. The maximum atomic E-state index is 11.1. The Morgan fingerprint density at radius 3 is 2.54 bits per heavy atom. The Balaban J connectivity index is 2.85. The highest BCUT2D eigenvalue weighted by Crippen LogP contribution is 2.21. The zero-order valence-corrected chi connectivity index (χ0v) is 9.61. The first kappa shape index (κ1) is 10.4. The van der Waals surface area contributed by atoms with Crippen LogP contribution >= 0.6 is 22.6 Å². The summed E-state index contributed by atoms with van der Waals surface area (Å²) in [5.74, 6) is 0.174. The van der Waals surface area contributed by atoms with Crippen LogP contribution in [0.4, 0.5) is 0 Å². The minimum Gasteiger partial charge on any atom is -0.295 e. The molecule has 0 fully saturated rings. The summed E-state index contributed by atoms with van der Waals surface area (Å²) in [5.41, 5.74) is 1.10. The fraction of sp³-hybridized carbons (Fsp3) is 0.182. The zero-order chi connectivity index (χ0) is 9.68. The largest absolute Gasteiger partial charge is 0.295 e. The molecule has 1 nitrogen and oxygen atoms in total. The lowest BCUT2D eigenvalue weighted by Crippen LogP contribution is -1.88. The van der Waals surface area contributed by atoms with Crippen molar-refractivity contribution >= 4 is 32.0 Å². The summed E-state index contributed by atoms with van der Waals surface area (Å²) in [7, 11) is 0. The van der Waals surface area contributed by atoms with Crippen molar-refractivity contribution in [2.24, 2.45) is 0 Å². The van der Waals surface area contributed by atoms with E-state index in [0.717, 1.165) is 9.14 Å². The number of ketones is 1. The average molecular weight is 286 g/mol. The molecule has 0 aliphatic carbocycles. The van der Waals surface area contributed by atoms with Gasteiger partial charge in [-0.3, -0.25) is 4.79 Å². The maximum Gasteiger partial charge on any atom is 0.156 e. The normalized spacial score (nSPS) is 11.4. The Hall–Kier alpha value is -0.640. The summed E-state index contributed by atoms with van der Waals surface area (Å²) in [4.78, 5) is 11.1. The predicted octanol–water partition coefficient (Wildman–Crippen LogP) is 3.44. The smallest absolute Gasteiger partial charge is 0.156 e. The van der Waals surface area contributed by atoms with E-state index in [-0.39, 0.29) is 5.78 Å². The van der Waals surface area contributed by atoms with Crippen LogP contribution in [0.15, 0.2) is 36.4 Å². The predicted molar refractivity (Wildman–Crippen MR) is 63.7 cm³/mol. The third-order valence-electron chi connectivity index (χ3n) is 1.69. The van der Waals surface area contributed by atoms with E-state index in [2.05, 4.69) is 22.6 Å². The summed E-state index contributed by atoms with van der Waals surface area (Å²) < 4.78 is 1.00. The second-order valence-corrected chi connectivity index (χ2v) is 3.84. The molecule has 2 heteroatoms. The van der Waals surface area contributed by atoms with Crippen LogP contribution in [0.1, 0.15) is 18.9 Å². The first-order valence-corrected chi connectivity index (χ1v) is 5.27. The highest BCUT2D eigenvalue weighted by Gasteiger charge is 1.98. The first-order chi connectivity index (χ1) is 6.24. The standard InChI is InChI=1S/C11H11IO/c1-2-10(13)8-11(12)9-6-4-3-5-7-9/h3-8H,2H2,1H3/b11-8-. The number of hydrogen-bond acceptors (Lipinski definition) is 1. The number of rotatable bonds is 3. The summed E-state index contributed by atoms with van der Waals surface area (Å²) in [5, 5.41) is 0. The van der Waals surface area contributed by atoms with Gasteiger partial charge in [0.15, 0.2) is 5.78 Å². The van der Waals surface area contributed by atoms with Crippen molar-refractivity contribution in [3.8, 4) is 0 Å². The monoisotopic (exact) mass is 286 g/mol. The van der Waals surface area contributed by atoms with Crippen molar-refractivity contribution in [1.82, 2.24) is 0 Å². The Labute approximate surface area is 92.0 Å². The first-order valence-electron chi connectivity index (χ1n) is 4.19. The molecule has 0 atom stereocenters. The van der Waals surface area contributed by atoms with E-state index in [1.807, 2.05) is 37.3 Å². The van der Waals surface area contributed by atoms with Crippen LogP contribution in [0.2, 0.25) is 0 Å². The molecule has 0 spiro atoms. The molecular formula is C11H11IO. The quantitative estimate of drug-likeness (QED) is 0.614. The van der Waals surface area contributed by atoms with Gasteiger partial charge >= 0.3 is 0 Å².